The summed E-state index contributed by atoms with van der Waals surface area (Å²) in [5, 5.41) is 10.7. The molecule has 0 spiro atoms. The molecule has 0 amide bonds. The maximum atomic E-state index is 12.8. The minimum atomic E-state index is -0.496. The van der Waals surface area contributed by atoms with Crippen LogP contribution in [-0.4, -0.2) is 40.8 Å². The molecule has 4 aromatic heterocycles. The molecule has 0 saturated heterocycles. The van der Waals surface area contributed by atoms with Crippen molar-refractivity contribution in [3.63, 3.8) is 0 Å². The molecule has 0 unspecified atom stereocenters. The number of carbonyl (C=O) groups is 1. The molecule has 6 atom stereocenters. The van der Waals surface area contributed by atoms with Gasteiger partial charge in [0.05, 0.1) is 41.7 Å². The quantitative estimate of drug-likeness (QED) is 0.173. The molecule has 0 radical (unpaired) electrons. The standard InChI is InChI=1S/C27H26N4O.C27H24N4O.CH4.22H2/c2*1-16-14-19(12-13-29-16)26-30-23(18-8-6-5-7-9-18)20-10-11-21-17(2)24(32)22(28-4)15-27(21,3)25(20)31-26;;;;;;;;;;;;;;;;;;;;;;;/h5-9,12-14,17,21,32H,10-11,15H2,1-3H3;5-9,12-15,17,21H,10-11H2,1-3H3;1H4;22*1H/t2*17-,21-,27-;;;;;;;;;;;;;;;;;;;;;;;/m11......................./s1/i;;;21*1+2T;1+2. The summed E-state index contributed by atoms with van der Waals surface area (Å²) in [7, 11) is 0. The highest BCUT2D eigenvalue weighted by atomic mass is 16.3. The number of aromatic nitrogens is 6. The Kier molecular flexibility index (Phi) is 6.80. The summed E-state index contributed by atoms with van der Waals surface area (Å²) >= 11 is 0. The maximum Gasteiger partial charge on any atom is 0.226 e. The van der Waals surface area contributed by atoms with Gasteiger partial charge in [-0.1, -0.05) is 102 Å². The van der Waals surface area contributed by atoms with Gasteiger partial charge in [0.25, 0.3) is 0 Å². The Hall–Kier alpha value is -7.17. The van der Waals surface area contributed by atoms with Gasteiger partial charge in [-0.25, -0.2) is 29.6 Å². The number of pyridine rings is 2. The smallest absolute Gasteiger partial charge is 0.226 e. The van der Waals surface area contributed by atoms with Crippen LogP contribution in [0.5, 0.6) is 0 Å². The number of benzene rings is 2. The Bertz CT molecular complexity index is 3090. The molecular weight excluding hydrogens is 805 g/mol. The Labute approximate surface area is 448 Å². The van der Waals surface area contributed by atoms with Crippen molar-refractivity contribution in [1.29, 1.82) is 0 Å². The van der Waals surface area contributed by atoms with Crippen molar-refractivity contribution in [1.82, 2.24) is 29.9 Å². The van der Waals surface area contributed by atoms with Crippen molar-refractivity contribution in [2.45, 2.75) is 91.9 Å². The number of hydrogen-bond acceptors (Lipinski definition) is 8. The molecule has 0 bridgehead atoms. The number of aliphatic hydroxyl groups is 1. The van der Waals surface area contributed by atoms with E-state index in [9.17, 15) is 9.90 Å². The van der Waals surface area contributed by atoms with Gasteiger partial charge in [0.1, 0.15) is 0 Å². The molecule has 1 N–H and O–H groups in total. The van der Waals surface area contributed by atoms with E-state index in [1.54, 1.807) is 12.4 Å². The molecule has 10 nitrogen and oxygen atoms in total. The second-order valence-electron chi connectivity index (χ2n) is 18.2. The zero-order valence-corrected chi connectivity index (χ0v) is 37.1. The molecule has 6 aromatic rings. The van der Waals surface area contributed by atoms with Crippen LogP contribution in [0.1, 0.15) is 152 Å². The fourth-order valence-electron chi connectivity index (χ4n) is 11.0. The molecule has 0 saturated carbocycles. The van der Waals surface area contributed by atoms with Crippen LogP contribution in [-0.2, 0) is 28.5 Å². The zero-order chi connectivity index (χ0) is 86.9. The SMILES string of the molecule is C.[3HH].[3H][3H].[3H][3H].[3H][3H].[3H][3H].[3H][3H].[3H][3H].[3H][3H].[3H][3H].[3H][3H].[3H][3H].[3H][3H].[3H][3H].[3H][3H].[3H][3H].[3H][3H].[3H][3H].[3H][3H].[3H][3H].[3H][3H].[3H][3H].[3H][3H].[C-]#[N+]C1=C(O)[C@H](C)[C@H]2CCc3c(-c4ccccc4)nc(-c4ccnc(C)c4)nc3[C@]2(C)C1.[C-]#[N+]C1=C[C@@]2(C)c3nc(-c4ccnc(C)c4)nc(-c4ccccc4)c3CC[C@@H]2[C@@H](C)C1=O. The highest BCUT2D eigenvalue weighted by Gasteiger charge is 2.51. The molecule has 2 aromatic carbocycles. The molecule has 10 heteroatoms. The summed E-state index contributed by atoms with van der Waals surface area (Å²) < 4.78 is 210. The van der Waals surface area contributed by atoms with Crippen LogP contribution >= 0.6 is 0 Å². The third-order valence-electron chi connectivity index (χ3n) is 14.3. The minimum absolute atomic E-state index is 0. The highest BCUT2D eigenvalue weighted by molar-refractivity contribution is 6.00. The molecular formula is C55H98N8O2. The summed E-state index contributed by atoms with van der Waals surface area (Å²) in [5.41, 5.74) is 11.8. The molecule has 370 valence electrons. The van der Waals surface area contributed by atoms with Crippen LogP contribution in [0, 0.1) is 50.7 Å². The van der Waals surface area contributed by atoms with Crippen LogP contribution in [0.2, 0.25) is 0 Å². The lowest BCUT2D eigenvalue weighted by Crippen LogP contribution is -2.46. The maximum absolute atomic E-state index is 12.8. The van der Waals surface area contributed by atoms with Gasteiger partial charge in [-0.15, -0.1) is 0 Å². The molecule has 4 aliphatic rings. The first-order valence-electron chi connectivity index (χ1n) is 43.1. The number of nitrogens with zero attached hydrogens (tertiary/aromatic N) is 8. The van der Waals surface area contributed by atoms with E-state index >= 15 is 0 Å². The second kappa shape index (κ2) is 17.4. The summed E-state index contributed by atoms with van der Waals surface area (Å²) in [6.07, 6.45) is 9.43. The number of fused-ring (bicyclic) bond motifs is 6. The topological polar surface area (TPSA) is 123 Å². The lowest BCUT2D eigenvalue weighted by atomic mass is 9.57. The third kappa shape index (κ3) is 7.71. The predicted octanol–water partition coefficient (Wildman–Crippen LogP) is 17.5. The van der Waals surface area contributed by atoms with Crippen molar-refractivity contribution in [3.05, 3.63) is 177 Å². The van der Waals surface area contributed by atoms with Gasteiger partial charge < -0.3 is 9.90 Å². The lowest BCUT2D eigenvalue weighted by molar-refractivity contribution is -0.121. The third-order valence-corrected chi connectivity index (χ3v) is 14.3. The molecule has 4 heterocycles. The normalized spacial score (nSPS) is 26.5. The number of Topliss-reactive ketones (excluding diaryl/α,β-unsaturated/α-hetero) is 1. The van der Waals surface area contributed by atoms with Crippen LogP contribution < -0.4 is 0 Å². The summed E-state index contributed by atoms with van der Waals surface area (Å²) in [5.74, 6) is 1.62. The second-order valence-corrected chi connectivity index (χ2v) is 18.2. The van der Waals surface area contributed by atoms with Crippen LogP contribution in [0.3, 0.4) is 0 Å². The van der Waals surface area contributed by atoms with Crippen molar-refractivity contribution in [2.24, 2.45) is 23.7 Å². The Morgan fingerprint density at radius 1 is 0.692 bits per heavy atom. The van der Waals surface area contributed by atoms with E-state index in [1.807, 2.05) is 94.4 Å². The molecule has 65 heavy (non-hydrogen) atoms. The molecule has 0 aliphatic heterocycles. The van der Waals surface area contributed by atoms with Crippen LogP contribution in [0.4, 0.5) is 0 Å². The average molecular weight is 990 g/mol. The predicted molar refractivity (Wildman–Crippen MR) is 301 cm³/mol. The van der Waals surface area contributed by atoms with E-state index in [-0.39, 0.29) is 55.2 Å². The number of hydrogen-bond donors (Lipinski definition) is 1. The minimum Gasteiger partial charge on any atom is -0.523 e. The Morgan fingerprint density at radius 2 is 1.20 bits per heavy atom. The number of aliphatic hydroxyl groups excluding tert-OH is 1. The van der Waals surface area contributed by atoms with E-state index in [4.69, 9.17) is 95.4 Å². The zero-order valence-electron chi connectivity index (χ0n) is 79.1. The summed E-state index contributed by atoms with van der Waals surface area (Å²) in [6.45, 7) is 27.5. The average Bonchev–Trinajstić information content (AvgIpc) is 0.730. The number of allylic oxidation sites excluding steroid dienone is 4. The van der Waals surface area contributed by atoms with Gasteiger partial charge in [-0.05, 0) is 82.1 Å². The Balaban J connectivity index is -0.0000000819. The number of rotatable bonds is 4. The van der Waals surface area contributed by atoms with Crippen molar-refractivity contribution >= 4 is 5.78 Å². The van der Waals surface area contributed by atoms with Crippen molar-refractivity contribution < 1.29 is 73.7 Å². The number of aryl methyl sites for hydroxylation is 2. The molecule has 0 fully saturated rings. The van der Waals surface area contributed by atoms with Crippen molar-refractivity contribution in [2.75, 3.05) is 0 Å². The Morgan fingerprint density at radius 3 is 1.71 bits per heavy atom. The van der Waals surface area contributed by atoms with Gasteiger partial charge in [-0.3, -0.25) is 9.97 Å². The highest BCUT2D eigenvalue weighted by Crippen LogP contribution is 2.55. The van der Waals surface area contributed by atoms with Gasteiger partial charge >= 0.3 is 0 Å². The first-order chi connectivity index (χ1) is 51.8. The van der Waals surface area contributed by atoms with Gasteiger partial charge in [-0.2, -0.15) is 0 Å². The molecule has 4 aliphatic carbocycles. The van der Waals surface area contributed by atoms with E-state index < -0.39 is 5.41 Å². The first-order valence-corrected chi connectivity index (χ1v) is 22.1. The van der Waals surface area contributed by atoms with E-state index in [0.717, 1.165) is 87.7 Å². The number of ketones is 1. The first kappa shape index (κ1) is 25.4. The fraction of sp³-hybridized carbons (Fsp3) is 0.327. The van der Waals surface area contributed by atoms with Gasteiger partial charge in [0, 0.05) is 144 Å². The fourth-order valence-corrected chi connectivity index (χ4v) is 11.0. The van der Waals surface area contributed by atoms with Crippen LogP contribution in [0.15, 0.2) is 121 Å². The van der Waals surface area contributed by atoms with Gasteiger partial charge in [0.15, 0.2) is 17.4 Å². The van der Waals surface area contributed by atoms with Crippen molar-refractivity contribution in [3.8, 4) is 45.3 Å². The van der Waals surface area contributed by atoms with Crippen LogP contribution in [0.25, 0.3) is 55.0 Å². The summed E-state index contributed by atoms with van der Waals surface area (Å²) in [4.78, 5) is 49.0. The lowest BCUT2D eigenvalue weighted by Gasteiger charge is -2.48. The number of carbonyl (C=O) groups excluding carboxylic acids is 1. The molecule has 10 rings (SSSR count). The van der Waals surface area contributed by atoms with E-state index in [2.05, 4.69) is 57.8 Å². The van der Waals surface area contributed by atoms with E-state index in [1.165, 1.54) is 5.56 Å². The van der Waals surface area contributed by atoms with E-state index in [0.29, 0.717) is 23.8 Å². The monoisotopic (exact) mass is 989 g/mol. The summed E-state index contributed by atoms with van der Waals surface area (Å²) in [6, 6.07) is 28.4. The largest absolute Gasteiger partial charge is 0.523 e. The van der Waals surface area contributed by atoms with Gasteiger partial charge in [0.2, 0.25) is 11.4 Å².